The predicted molar refractivity (Wildman–Crippen MR) is 58.9 cm³/mol. The topological polar surface area (TPSA) is 49.1 Å². The van der Waals surface area contributed by atoms with Crippen molar-refractivity contribution in [1.29, 1.82) is 0 Å². The van der Waals surface area contributed by atoms with Crippen molar-refractivity contribution in [2.45, 2.75) is 20.8 Å². The summed E-state index contributed by atoms with van der Waals surface area (Å²) in [6.07, 6.45) is 3.21. The van der Waals surface area contributed by atoms with Gasteiger partial charge in [-0.05, 0) is 0 Å². The van der Waals surface area contributed by atoms with Gasteiger partial charge in [-0.15, -0.1) is 0 Å². The van der Waals surface area contributed by atoms with Crippen molar-refractivity contribution < 1.29 is 0 Å². The summed E-state index contributed by atoms with van der Waals surface area (Å²) in [4.78, 5) is 7.74. The van der Waals surface area contributed by atoms with Gasteiger partial charge in [-0.2, -0.15) is 5.10 Å². The average molecular weight is 182 g/mol. The van der Waals surface area contributed by atoms with Gasteiger partial charge in [0.1, 0.15) is 6.34 Å². The molecular weight excluding hydrogens is 164 g/mol. The fourth-order valence-electron chi connectivity index (χ4n) is 0.681. The van der Waals surface area contributed by atoms with Crippen molar-refractivity contribution in [2.24, 2.45) is 20.5 Å². The first-order valence-corrected chi connectivity index (χ1v) is 4.21. The van der Waals surface area contributed by atoms with Gasteiger partial charge in [0.15, 0.2) is 0 Å². The van der Waals surface area contributed by atoms with E-state index in [1.54, 1.807) is 20.3 Å². The number of aliphatic imine (C=N–C) groups is 2. The third kappa shape index (κ3) is 5.11. The Hall–Kier alpha value is -1.19. The lowest BCUT2D eigenvalue weighted by Gasteiger charge is -2.17. The molecule has 0 saturated heterocycles. The zero-order chi connectivity index (χ0) is 10.3. The lowest BCUT2D eigenvalue weighted by atomic mass is 9.91. The zero-order valence-electron chi connectivity index (χ0n) is 9.00. The number of nitrogens with zero attached hydrogens (tertiary/aromatic N) is 3. The Bertz CT molecular complexity index is 220. The summed E-state index contributed by atoms with van der Waals surface area (Å²) in [7, 11) is 3.46. The van der Waals surface area contributed by atoms with E-state index < -0.39 is 0 Å². The Morgan fingerprint density at radius 2 is 1.92 bits per heavy atom. The summed E-state index contributed by atoms with van der Waals surface area (Å²) in [5.74, 6) is 0. The minimum absolute atomic E-state index is 0.00586. The maximum absolute atomic E-state index is 4.12. The van der Waals surface area contributed by atoms with Crippen molar-refractivity contribution in [1.82, 2.24) is 5.43 Å². The minimum atomic E-state index is -0.00586. The maximum Gasteiger partial charge on any atom is 0.109 e. The second-order valence-electron chi connectivity index (χ2n) is 3.62. The van der Waals surface area contributed by atoms with Gasteiger partial charge in [0.05, 0.1) is 11.9 Å². The largest absolute Gasteiger partial charge is 0.313 e. The fraction of sp³-hybridized carbons (Fsp3) is 0.667. The Balaban J connectivity index is 4.55. The first-order chi connectivity index (χ1) is 6.02. The van der Waals surface area contributed by atoms with Crippen molar-refractivity contribution >= 4 is 18.3 Å². The Morgan fingerprint density at radius 3 is 2.31 bits per heavy atom. The van der Waals surface area contributed by atoms with E-state index >= 15 is 0 Å². The van der Waals surface area contributed by atoms with Gasteiger partial charge in [-0.1, -0.05) is 20.8 Å². The number of hydrazone groups is 1. The summed E-state index contributed by atoms with van der Waals surface area (Å²) in [5.41, 5.74) is 3.65. The van der Waals surface area contributed by atoms with Gasteiger partial charge in [-0.3, -0.25) is 4.99 Å². The lowest BCUT2D eigenvalue weighted by Crippen LogP contribution is -2.24. The van der Waals surface area contributed by atoms with Crippen molar-refractivity contribution in [3.05, 3.63) is 0 Å². The molecule has 0 atom stereocenters. The van der Waals surface area contributed by atoms with Gasteiger partial charge < -0.3 is 5.43 Å². The first-order valence-electron chi connectivity index (χ1n) is 4.21. The average Bonchev–Trinajstić information content (AvgIpc) is 2.01. The van der Waals surface area contributed by atoms with Crippen LogP contribution >= 0.6 is 0 Å². The van der Waals surface area contributed by atoms with Crippen molar-refractivity contribution in [3.8, 4) is 0 Å². The van der Waals surface area contributed by atoms with Crippen molar-refractivity contribution in [3.63, 3.8) is 0 Å². The summed E-state index contributed by atoms with van der Waals surface area (Å²) >= 11 is 0. The minimum Gasteiger partial charge on any atom is -0.313 e. The van der Waals surface area contributed by atoms with Crippen LogP contribution in [0, 0.1) is 5.41 Å². The highest BCUT2D eigenvalue weighted by Crippen LogP contribution is 2.14. The Kier molecular flexibility index (Phi) is 4.96. The van der Waals surface area contributed by atoms with Gasteiger partial charge in [0.25, 0.3) is 0 Å². The van der Waals surface area contributed by atoms with E-state index in [1.165, 1.54) is 6.34 Å². The molecule has 0 amide bonds. The van der Waals surface area contributed by atoms with Gasteiger partial charge in [0, 0.05) is 19.5 Å². The van der Waals surface area contributed by atoms with Crippen LogP contribution in [0.3, 0.4) is 0 Å². The molecule has 0 radical (unpaired) electrons. The molecule has 4 heteroatoms. The quantitative estimate of drug-likeness (QED) is 0.399. The third-order valence-corrected chi connectivity index (χ3v) is 1.38. The third-order valence-electron chi connectivity index (χ3n) is 1.38. The van der Waals surface area contributed by atoms with Crippen LogP contribution in [0.25, 0.3) is 0 Å². The molecular formula is C9H18N4. The molecule has 1 N–H and O–H groups in total. The van der Waals surface area contributed by atoms with Crippen molar-refractivity contribution in [2.75, 3.05) is 14.1 Å². The summed E-state index contributed by atoms with van der Waals surface area (Å²) in [6.45, 7) is 6.24. The molecule has 74 valence electrons. The highest BCUT2D eigenvalue weighted by atomic mass is 15.3. The molecule has 0 unspecified atom stereocenters. The molecule has 0 aromatic rings. The maximum atomic E-state index is 4.12. The van der Waals surface area contributed by atoms with Crippen LogP contribution < -0.4 is 5.43 Å². The monoisotopic (exact) mass is 182 g/mol. The summed E-state index contributed by atoms with van der Waals surface area (Å²) in [6, 6.07) is 0. The van der Waals surface area contributed by atoms with Crippen LogP contribution in [0.1, 0.15) is 20.8 Å². The van der Waals surface area contributed by atoms with E-state index in [0.717, 1.165) is 5.71 Å². The van der Waals surface area contributed by atoms with E-state index in [2.05, 4.69) is 41.3 Å². The summed E-state index contributed by atoms with van der Waals surface area (Å²) < 4.78 is 0. The second-order valence-corrected chi connectivity index (χ2v) is 3.62. The molecule has 0 aromatic heterocycles. The van der Waals surface area contributed by atoms with Crippen LogP contribution in [0.15, 0.2) is 15.1 Å². The SMILES string of the molecule is CN=CN=CC(=NNC)C(C)(C)C. The molecule has 0 bridgehead atoms. The molecule has 0 aliphatic carbocycles. The predicted octanol–water partition coefficient (Wildman–Crippen LogP) is 1.34. The molecule has 0 aliphatic heterocycles. The van der Waals surface area contributed by atoms with E-state index in [-0.39, 0.29) is 5.41 Å². The van der Waals surface area contributed by atoms with Gasteiger partial charge in [-0.25, -0.2) is 4.99 Å². The van der Waals surface area contributed by atoms with Crippen LogP contribution in [0.2, 0.25) is 0 Å². The molecule has 0 heterocycles. The van der Waals surface area contributed by atoms with Crippen LogP contribution in [-0.4, -0.2) is 32.4 Å². The molecule has 0 rings (SSSR count). The highest BCUT2D eigenvalue weighted by molar-refractivity contribution is 6.33. The van der Waals surface area contributed by atoms with Gasteiger partial charge >= 0.3 is 0 Å². The van der Waals surface area contributed by atoms with Crippen LogP contribution in [0.4, 0.5) is 0 Å². The van der Waals surface area contributed by atoms with Gasteiger partial charge in [0.2, 0.25) is 0 Å². The lowest BCUT2D eigenvalue weighted by molar-refractivity contribution is 0.591. The van der Waals surface area contributed by atoms with E-state index in [9.17, 15) is 0 Å². The number of rotatable bonds is 3. The second kappa shape index (κ2) is 5.45. The molecule has 0 spiro atoms. The molecule has 0 fully saturated rings. The number of hydrogen-bond acceptors (Lipinski definition) is 3. The van der Waals surface area contributed by atoms with E-state index in [4.69, 9.17) is 0 Å². The smallest absolute Gasteiger partial charge is 0.109 e. The van der Waals surface area contributed by atoms with E-state index in [1.807, 2.05) is 0 Å². The Labute approximate surface area is 79.9 Å². The number of hydrogen-bond donors (Lipinski definition) is 1. The molecule has 0 saturated carbocycles. The normalized spacial score (nSPS) is 14.4. The van der Waals surface area contributed by atoms with Crippen LogP contribution in [0.5, 0.6) is 0 Å². The van der Waals surface area contributed by atoms with E-state index in [0.29, 0.717) is 0 Å². The summed E-state index contributed by atoms with van der Waals surface area (Å²) in [5, 5.41) is 4.12. The Morgan fingerprint density at radius 1 is 1.31 bits per heavy atom. The zero-order valence-corrected chi connectivity index (χ0v) is 9.00. The molecule has 13 heavy (non-hydrogen) atoms. The molecule has 0 aliphatic rings. The molecule has 0 aromatic carbocycles. The first kappa shape index (κ1) is 11.8. The molecule has 4 nitrogen and oxygen atoms in total. The fourth-order valence-corrected chi connectivity index (χ4v) is 0.681. The number of nitrogens with one attached hydrogen (secondary N) is 1. The van der Waals surface area contributed by atoms with Crippen LogP contribution in [-0.2, 0) is 0 Å². The highest BCUT2D eigenvalue weighted by Gasteiger charge is 2.16. The standard InChI is InChI=1S/C9H18N4/c1-9(2,3)8(13-11-5)6-12-7-10-4/h6-7,11H,1-5H3.